The fraction of sp³-hybridized carbons (Fsp3) is 0.250. The van der Waals surface area contributed by atoms with Crippen molar-refractivity contribution >= 4 is 0 Å². The van der Waals surface area contributed by atoms with Crippen LogP contribution in [0, 0.1) is 0 Å². The van der Waals surface area contributed by atoms with Gasteiger partial charge in [0.15, 0.2) is 0 Å². The molecule has 0 aliphatic heterocycles. The maximum Gasteiger partial charge on any atom is 0.115 e. The molecule has 162 valence electrons. The molecule has 4 nitrogen and oxygen atoms in total. The Kier molecular flexibility index (Phi) is 5.78. The fourth-order valence-electron chi connectivity index (χ4n) is 5.03. The molecule has 0 fully saturated rings. The Morgan fingerprint density at radius 2 is 1.72 bits per heavy atom. The standard InChI is InChI=1S/C28H28N2O2/c31-16-4-15-30-19-24(18-29-30)20-7-9-22(10-8-20)28-26(21-5-2-1-3-6-21)13-11-23-17-25(32)12-14-27(23)28/h1-3,5-10,12,14,17-19,26,28,31-32H,4,11,13,15-16H2/t26-,28?/m1/s1. The van der Waals surface area contributed by atoms with E-state index in [9.17, 15) is 5.11 Å². The number of fused-ring (bicyclic) bond motifs is 1. The van der Waals surface area contributed by atoms with E-state index in [1.807, 2.05) is 29.2 Å². The molecule has 2 atom stereocenters. The predicted octanol–water partition coefficient (Wildman–Crippen LogP) is 5.50. The van der Waals surface area contributed by atoms with Crippen LogP contribution in [0.3, 0.4) is 0 Å². The molecular formula is C28H28N2O2. The smallest absolute Gasteiger partial charge is 0.115 e. The summed E-state index contributed by atoms with van der Waals surface area (Å²) in [6.07, 6.45) is 6.67. The van der Waals surface area contributed by atoms with Crippen molar-refractivity contribution < 1.29 is 10.2 Å². The molecule has 0 saturated carbocycles. The first kappa shape index (κ1) is 20.5. The zero-order valence-corrected chi connectivity index (χ0v) is 18.1. The lowest BCUT2D eigenvalue weighted by Crippen LogP contribution is -2.20. The van der Waals surface area contributed by atoms with Crippen LogP contribution in [0.1, 0.15) is 46.9 Å². The van der Waals surface area contributed by atoms with Gasteiger partial charge in [-0.25, -0.2) is 0 Å². The first-order chi connectivity index (χ1) is 15.7. The highest BCUT2D eigenvalue weighted by atomic mass is 16.3. The largest absolute Gasteiger partial charge is 0.508 e. The minimum atomic E-state index is 0.174. The highest BCUT2D eigenvalue weighted by Crippen LogP contribution is 2.47. The van der Waals surface area contributed by atoms with Gasteiger partial charge in [-0.05, 0) is 65.1 Å². The molecule has 0 bridgehead atoms. The number of benzene rings is 3. The predicted molar refractivity (Wildman–Crippen MR) is 127 cm³/mol. The Hall–Kier alpha value is -3.37. The van der Waals surface area contributed by atoms with Crippen LogP contribution in [0.15, 0.2) is 85.2 Å². The summed E-state index contributed by atoms with van der Waals surface area (Å²) in [5, 5.41) is 23.5. The zero-order chi connectivity index (χ0) is 21.9. The summed E-state index contributed by atoms with van der Waals surface area (Å²) in [6.45, 7) is 0.895. The second-order valence-corrected chi connectivity index (χ2v) is 8.61. The summed E-state index contributed by atoms with van der Waals surface area (Å²) in [5.74, 6) is 0.998. The third-order valence-corrected chi connectivity index (χ3v) is 6.60. The number of phenolic OH excluding ortho intramolecular Hbond substituents is 1. The number of hydrogen-bond acceptors (Lipinski definition) is 3. The van der Waals surface area contributed by atoms with Crippen LogP contribution in [0.2, 0.25) is 0 Å². The number of aliphatic hydroxyl groups is 1. The Balaban J connectivity index is 1.50. The van der Waals surface area contributed by atoms with Gasteiger partial charge in [-0.1, -0.05) is 60.7 Å². The van der Waals surface area contributed by atoms with Crippen molar-refractivity contribution in [2.75, 3.05) is 6.61 Å². The number of aromatic hydroxyl groups is 1. The number of aryl methyl sites for hydroxylation is 2. The van der Waals surface area contributed by atoms with Crippen molar-refractivity contribution in [3.05, 3.63) is 107 Å². The monoisotopic (exact) mass is 424 g/mol. The van der Waals surface area contributed by atoms with E-state index in [1.54, 1.807) is 0 Å². The molecular weight excluding hydrogens is 396 g/mol. The average molecular weight is 425 g/mol. The molecule has 4 heteroatoms. The van der Waals surface area contributed by atoms with Crippen molar-refractivity contribution in [3.63, 3.8) is 0 Å². The topological polar surface area (TPSA) is 58.3 Å². The maximum atomic E-state index is 10.0. The van der Waals surface area contributed by atoms with Gasteiger partial charge in [-0.3, -0.25) is 4.68 Å². The molecule has 1 aliphatic carbocycles. The van der Waals surface area contributed by atoms with E-state index in [1.165, 1.54) is 22.3 Å². The van der Waals surface area contributed by atoms with Gasteiger partial charge in [0.1, 0.15) is 5.75 Å². The zero-order valence-electron chi connectivity index (χ0n) is 18.1. The van der Waals surface area contributed by atoms with Gasteiger partial charge in [0, 0.05) is 30.8 Å². The molecule has 0 radical (unpaired) electrons. The highest BCUT2D eigenvalue weighted by Gasteiger charge is 2.32. The van der Waals surface area contributed by atoms with Gasteiger partial charge in [-0.2, -0.15) is 5.10 Å². The van der Waals surface area contributed by atoms with Crippen LogP contribution in [-0.4, -0.2) is 26.6 Å². The molecule has 1 unspecified atom stereocenters. The Bertz CT molecular complexity index is 1180. The number of nitrogens with zero attached hydrogens (tertiary/aromatic N) is 2. The van der Waals surface area contributed by atoms with E-state index in [-0.39, 0.29) is 12.5 Å². The molecule has 32 heavy (non-hydrogen) atoms. The number of rotatable bonds is 6. The van der Waals surface area contributed by atoms with Crippen LogP contribution in [-0.2, 0) is 13.0 Å². The van der Waals surface area contributed by atoms with Crippen molar-refractivity contribution in [1.29, 1.82) is 0 Å². The van der Waals surface area contributed by atoms with Crippen LogP contribution < -0.4 is 0 Å². The second kappa shape index (κ2) is 9.01. The molecule has 0 spiro atoms. The number of aliphatic hydroxyl groups excluding tert-OH is 1. The molecule has 3 aromatic carbocycles. The van der Waals surface area contributed by atoms with Crippen LogP contribution in [0.25, 0.3) is 11.1 Å². The quantitative estimate of drug-likeness (QED) is 0.430. The normalized spacial score (nSPS) is 17.8. The second-order valence-electron chi connectivity index (χ2n) is 8.61. The van der Waals surface area contributed by atoms with Gasteiger partial charge in [0.05, 0.1) is 6.20 Å². The van der Waals surface area contributed by atoms with E-state index in [0.717, 1.165) is 30.5 Å². The lowest BCUT2D eigenvalue weighted by atomic mass is 9.69. The van der Waals surface area contributed by atoms with Crippen molar-refractivity contribution in [3.8, 4) is 16.9 Å². The third-order valence-electron chi connectivity index (χ3n) is 6.60. The third kappa shape index (κ3) is 4.06. The first-order valence-electron chi connectivity index (χ1n) is 11.3. The minimum absolute atomic E-state index is 0.174. The lowest BCUT2D eigenvalue weighted by molar-refractivity contribution is 0.277. The molecule has 4 aromatic rings. The summed E-state index contributed by atoms with van der Waals surface area (Å²) >= 11 is 0. The summed E-state index contributed by atoms with van der Waals surface area (Å²) in [6, 6.07) is 25.5. The van der Waals surface area contributed by atoms with Gasteiger partial charge in [-0.15, -0.1) is 0 Å². The van der Waals surface area contributed by atoms with Crippen LogP contribution in [0.5, 0.6) is 5.75 Å². The van der Waals surface area contributed by atoms with E-state index in [2.05, 4.69) is 65.8 Å². The van der Waals surface area contributed by atoms with Gasteiger partial charge in [0.2, 0.25) is 0 Å². The number of hydrogen-bond donors (Lipinski definition) is 2. The van der Waals surface area contributed by atoms with Crippen LogP contribution >= 0.6 is 0 Å². The van der Waals surface area contributed by atoms with Crippen molar-refractivity contribution in [2.45, 2.75) is 37.6 Å². The Labute approximate surface area is 188 Å². The Morgan fingerprint density at radius 3 is 2.50 bits per heavy atom. The fourth-order valence-corrected chi connectivity index (χ4v) is 5.03. The van der Waals surface area contributed by atoms with Gasteiger partial charge < -0.3 is 10.2 Å². The summed E-state index contributed by atoms with van der Waals surface area (Å²) in [7, 11) is 0. The van der Waals surface area contributed by atoms with E-state index >= 15 is 0 Å². The average Bonchev–Trinajstić information content (AvgIpc) is 3.31. The molecule has 1 aromatic heterocycles. The van der Waals surface area contributed by atoms with Crippen LogP contribution in [0.4, 0.5) is 0 Å². The minimum Gasteiger partial charge on any atom is -0.508 e. The van der Waals surface area contributed by atoms with Gasteiger partial charge >= 0.3 is 0 Å². The number of phenols is 1. The number of aromatic nitrogens is 2. The van der Waals surface area contributed by atoms with Crippen molar-refractivity contribution in [2.24, 2.45) is 0 Å². The molecule has 5 rings (SSSR count). The van der Waals surface area contributed by atoms with E-state index in [4.69, 9.17) is 5.11 Å². The summed E-state index contributed by atoms with van der Waals surface area (Å²) in [5.41, 5.74) is 7.45. The highest BCUT2D eigenvalue weighted by molar-refractivity contribution is 5.62. The molecule has 2 N–H and O–H groups in total. The van der Waals surface area contributed by atoms with E-state index < -0.39 is 0 Å². The summed E-state index contributed by atoms with van der Waals surface area (Å²) < 4.78 is 1.88. The molecule has 0 amide bonds. The Morgan fingerprint density at radius 1 is 0.906 bits per heavy atom. The van der Waals surface area contributed by atoms with Crippen molar-refractivity contribution in [1.82, 2.24) is 9.78 Å². The SMILES string of the molecule is OCCCn1cc(-c2ccc(C3c4ccc(O)cc4CC[C@@H]3c3ccccc3)cc2)cn1. The summed E-state index contributed by atoms with van der Waals surface area (Å²) in [4.78, 5) is 0. The van der Waals surface area contributed by atoms with E-state index in [0.29, 0.717) is 18.1 Å². The molecule has 0 saturated heterocycles. The maximum absolute atomic E-state index is 10.0. The molecule has 1 heterocycles. The first-order valence-corrected chi connectivity index (χ1v) is 11.3. The lowest BCUT2D eigenvalue weighted by Gasteiger charge is -2.35. The van der Waals surface area contributed by atoms with Gasteiger partial charge in [0.25, 0.3) is 0 Å². The molecule has 1 aliphatic rings.